The predicted molar refractivity (Wildman–Crippen MR) is 129 cm³/mol. The largest absolute Gasteiger partial charge is 0.508 e. The van der Waals surface area contributed by atoms with Crippen molar-refractivity contribution >= 4 is 18.2 Å². The Morgan fingerprint density at radius 1 is 0.806 bits per heavy atom. The molecule has 1 atom stereocenters. The summed E-state index contributed by atoms with van der Waals surface area (Å²) in [7, 11) is 0. The Morgan fingerprint density at radius 2 is 1.39 bits per heavy atom. The van der Waals surface area contributed by atoms with Crippen molar-refractivity contribution in [3.63, 3.8) is 0 Å². The van der Waals surface area contributed by atoms with Crippen LogP contribution in [0.25, 0.3) is 18.2 Å². The lowest BCUT2D eigenvalue weighted by Crippen LogP contribution is -2.15. The van der Waals surface area contributed by atoms with Crippen LogP contribution < -0.4 is 4.74 Å². The van der Waals surface area contributed by atoms with Crippen molar-refractivity contribution in [2.75, 3.05) is 6.61 Å². The van der Waals surface area contributed by atoms with Gasteiger partial charge in [-0.25, -0.2) is 0 Å². The molecule has 0 saturated heterocycles. The Balaban J connectivity index is 1.81. The van der Waals surface area contributed by atoms with Crippen molar-refractivity contribution in [1.29, 1.82) is 0 Å². The standard InChI is InChI=1S/C28H28O3/c1-3-30-22(2)31-28-19-15-26(16-20-28)21-25(11-9-23-7-5-4-6-8-23)12-10-24-13-17-27(29)18-14-24/h4-22,29H,3H2,1-2H3. The van der Waals surface area contributed by atoms with Gasteiger partial charge < -0.3 is 14.6 Å². The van der Waals surface area contributed by atoms with Crippen molar-refractivity contribution < 1.29 is 14.6 Å². The van der Waals surface area contributed by atoms with Crippen molar-refractivity contribution in [2.45, 2.75) is 20.1 Å². The third-order valence-corrected chi connectivity index (χ3v) is 4.55. The highest BCUT2D eigenvalue weighted by molar-refractivity contribution is 5.68. The molecule has 0 heterocycles. The topological polar surface area (TPSA) is 38.7 Å². The molecule has 3 rings (SSSR count). The van der Waals surface area contributed by atoms with Gasteiger partial charge in [0.1, 0.15) is 11.5 Å². The quantitative estimate of drug-likeness (QED) is 0.305. The lowest BCUT2D eigenvalue weighted by atomic mass is 10.1. The molecule has 0 spiro atoms. The molecule has 3 aromatic rings. The first-order valence-corrected chi connectivity index (χ1v) is 10.4. The second-order valence-corrected chi connectivity index (χ2v) is 7.02. The summed E-state index contributed by atoms with van der Waals surface area (Å²) in [6.45, 7) is 4.45. The molecule has 0 aliphatic rings. The third kappa shape index (κ3) is 7.65. The molecule has 0 fully saturated rings. The Labute approximate surface area is 184 Å². The van der Waals surface area contributed by atoms with Gasteiger partial charge in [0.25, 0.3) is 0 Å². The molecule has 1 N–H and O–H groups in total. The van der Waals surface area contributed by atoms with Crippen LogP contribution in [0.1, 0.15) is 30.5 Å². The third-order valence-electron chi connectivity index (χ3n) is 4.55. The Kier molecular flexibility index (Phi) is 8.27. The van der Waals surface area contributed by atoms with Crippen LogP contribution in [0.15, 0.2) is 96.6 Å². The van der Waals surface area contributed by atoms with Crippen LogP contribution in [0.2, 0.25) is 0 Å². The van der Waals surface area contributed by atoms with Crippen molar-refractivity contribution in [3.05, 3.63) is 113 Å². The van der Waals surface area contributed by atoms with E-state index in [1.807, 2.05) is 74.5 Å². The van der Waals surface area contributed by atoms with Crippen molar-refractivity contribution in [2.24, 2.45) is 0 Å². The van der Waals surface area contributed by atoms with E-state index in [-0.39, 0.29) is 12.0 Å². The molecule has 0 aromatic heterocycles. The number of phenolic OH excluding ortho intramolecular Hbond substituents is 1. The van der Waals surface area contributed by atoms with Gasteiger partial charge in [0.2, 0.25) is 0 Å². The van der Waals surface area contributed by atoms with Crippen LogP contribution in [0.3, 0.4) is 0 Å². The summed E-state index contributed by atoms with van der Waals surface area (Å²) in [4.78, 5) is 0. The first-order valence-electron chi connectivity index (χ1n) is 10.4. The molecule has 3 heteroatoms. The number of ether oxygens (including phenoxy) is 2. The fraction of sp³-hybridized carbons (Fsp3) is 0.143. The summed E-state index contributed by atoms with van der Waals surface area (Å²) in [5.74, 6) is 1.04. The summed E-state index contributed by atoms with van der Waals surface area (Å²) in [6, 6.07) is 25.3. The highest BCUT2D eigenvalue weighted by Crippen LogP contribution is 2.19. The van der Waals surface area contributed by atoms with E-state index in [1.165, 1.54) is 0 Å². The first-order chi connectivity index (χ1) is 15.1. The minimum absolute atomic E-state index is 0.262. The fourth-order valence-corrected chi connectivity index (χ4v) is 2.98. The molecule has 3 aromatic carbocycles. The molecule has 0 saturated carbocycles. The van der Waals surface area contributed by atoms with Gasteiger partial charge in [0, 0.05) is 6.61 Å². The van der Waals surface area contributed by atoms with E-state index < -0.39 is 0 Å². The second-order valence-electron chi connectivity index (χ2n) is 7.02. The number of hydrogen-bond donors (Lipinski definition) is 1. The molecule has 0 amide bonds. The Morgan fingerprint density at radius 3 is 2.00 bits per heavy atom. The van der Waals surface area contributed by atoms with Crippen molar-refractivity contribution in [1.82, 2.24) is 0 Å². The maximum absolute atomic E-state index is 9.48. The zero-order chi connectivity index (χ0) is 21.9. The van der Waals surface area contributed by atoms with Crippen LogP contribution in [0, 0.1) is 0 Å². The Hall–Kier alpha value is -3.56. The van der Waals surface area contributed by atoms with E-state index >= 15 is 0 Å². The van der Waals surface area contributed by atoms with E-state index in [2.05, 4.69) is 36.4 Å². The van der Waals surface area contributed by atoms with E-state index in [0.717, 1.165) is 28.0 Å². The maximum atomic E-state index is 9.48. The summed E-state index contributed by atoms with van der Waals surface area (Å²) >= 11 is 0. The van der Waals surface area contributed by atoms with Crippen LogP contribution in [-0.4, -0.2) is 18.0 Å². The minimum atomic E-state index is -0.274. The van der Waals surface area contributed by atoms with Gasteiger partial charge in [-0.05, 0) is 66.5 Å². The van der Waals surface area contributed by atoms with Gasteiger partial charge in [-0.1, -0.05) is 78.9 Å². The molecule has 0 bridgehead atoms. The van der Waals surface area contributed by atoms with Gasteiger partial charge in [0.05, 0.1) is 0 Å². The number of phenols is 1. The number of rotatable bonds is 9. The van der Waals surface area contributed by atoms with E-state index in [1.54, 1.807) is 12.1 Å². The highest BCUT2D eigenvalue weighted by Gasteiger charge is 2.02. The van der Waals surface area contributed by atoms with Gasteiger partial charge in [-0.15, -0.1) is 0 Å². The Bertz CT molecular complexity index is 1010. The molecule has 0 aliphatic heterocycles. The zero-order valence-electron chi connectivity index (χ0n) is 17.9. The average molecular weight is 413 g/mol. The van der Waals surface area contributed by atoms with Crippen molar-refractivity contribution in [3.8, 4) is 11.5 Å². The molecule has 0 aliphatic carbocycles. The lowest BCUT2D eigenvalue weighted by Gasteiger charge is -2.14. The number of hydrogen-bond acceptors (Lipinski definition) is 3. The first kappa shape index (κ1) is 22.1. The molecule has 158 valence electrons. The lowest BCUT2D eigenvalue weighted by molar-refractivity contribution is -0.0613. The molecule has 3 nitrogen and oxygen atoms in total. The van der Waals surface area contributed by atoms with Gasteiger partial charge in [0.15, 0.2) is 6.29 Å². The molecule has 1 unspecified atom stereocenters. The van der Waals surface area contributed by atoms with Gasteiger partial charge in [-0.3, -0.25) is 0 Å². The van der Waals surface area contributed by atoms with E-state index in [4.69, 9.17) is 9.47 Å². The molecular formula is C28H28O3. The average Bonchev–Trinajstić information content (AvgIpc) is 2.79. The number of allylic oxidation sites excluding steroid dienone is 3. The van der Waals surface area contributed by atoms with Gasteiger partial charge in [-0.2, -0.15) is 0 Å². The number of benzene rings is 3. The van der Waals surface area contributed by atoms with Crippen LogP contribution in [-0.2, 0) is 4.74 Å². The molecule has 31 heavy (non-hydrogen) atoms. The van der Waals surface area contributed by atoms with Crippen LogP contribution in [0.5, 0.6) is 11.5 Å². The minimum Gasteiger partial charge on any atom is -0.508 e. The smallest absolute Gasteiger partial charge is 0.196 e. The van der Waals surface area contributed by atoms with E-state index in [9.17, 15) is 5.11 Å². The predicted octanol–water partition coefficient (Wildman–Crippen LogP) is 6.96. The summed E-state index contributed by atoms with van der Waals surface area (Å²) in [5.41, 5.74) is 4.28. The SMILES string of the molecule is CCOC(C)Oc1ccc(C=C(C=Cc2ccccc2)C=Cc2ccc(O)cc2)cc1. The zero-order valence-corrected chi connectivity index (χ0v) is 17.9. The summed E-state index contributed by atoms with van der Waals surface area (Å²) in [6.07, 6.45) is 10.1. The molecule has 0 radical (unpaired) electrons. The fourth-order valence-electron chi connectivity index (χ4n) is 2.98. The number of aromatic hydroxyl groups is 1. The molecular weight excluding hydrogens is 384 g/mol. The highest BCUT2D eigenvalue weighted by atomic mass is 16.7. The second kappa shape index (κ2) is 11.6. The van der Waals surface area contributed by atoms with Gasteiger partial charge >= 0.3 is 0 Å². The van der Waals surface area contributed by atoms with Crippen LogP contribution in [0.4, 0.5) is 0 Å². The normalized spacial score (nSPS) is 13.0. The summed E-state index contributed by atoms with van der Waals surface area (Å²) in [5, 5.41) is 9.48. The summed E-state index contributed by atoms with van der Waals surface area (Å²) < 4.78 is 11.2. The monoisotopic (exact) mass is 412 g/mol. The van der Waals surface area contributed by atoms with Crippen LogP contribution >= 0.6 is 0 Å². The maximum Gasteiger partial charge on any atom is 0.196 e. The van der Waals surface area contributed by atoms with E-state index in [0.29, 0.717) is 6.61 Å².